The van der Waals surface area contributed by atoms with Crippen molar-refractivity contribution in [1.29, 1.82) is 0 Å². The molecule has 2 atom stereocenters. The minimum Gasteiger partial charge on any atom is -0.365 e. The quantitative estimate of drug-likeness (QED) is 0.934. The molecule has 1 aliphatic rings. The van der Waals surface area contributed by atoms with Gasteiger partial charge in [0.15, 0.2) is 0 Å². The number of nitrogens with zero attached hydrogens (tertiary/aromatic N) is 3. The molecular weight excluding hydrogens is 255 g/mol. The van der Waals surface area contributed by atoms with Crippen molar-refractivity contribution in [3.63, 3.8) is 0 Å². The van der Waals surface area contributed by atoms with Crippen molar-refractivity contribution in [3.8, 4) is 0 Å². The molecular formula is C15H19FN4. The van der Waals surface area contributed by atoms with Gasteiger partial charge in [0, 0.05) is 17.5 Å². The Hall–Kier alpha value is -1.75. The topological polar surface area (TPSA) is 41.0 Å². The Morgan fingerprint density at radius 1 is 1.25 bits per heavy atom. The fraction of sp³-hybridized carbons (Fsp3) is 0.467. The molecule has 0 spiro atoms. The van der Waals surface area contributed by atoms with E-state index in [0.717, 1.165) is 23.1 Å². The zero-order valence-electron chi connectivity index (χ0n) is 11.8. The van der Waals surface area contributed by atoms with Crippen LogP contribution in [0.1, 0.15) is 19.3 Å². The summed E-state index contributed by atoms with van der Waals surface area (Å²) in [5.74, 6) is 0.471. The second-order valence-corrected chi connectivity index (χ2v) is 5.60. The van der Waals surface area contributed by atoms with E-state index in [-0.39, 0.29) is 5.82 Å². The van der Waals surface area contributed by atoms with Gasteiger partial charge in [0.1, 0.15) is 18.0 Å². The lowest BCUT2D eigenvalue weighted by Crippen LogP contribution is -2.39. The molecule has 1 aromatic heterocycles. The number of aromatic nitrogens is 2. The molecule has 106 valence electrons. The Morgan fingerprint density at radius 3 is 2.90 bits per heavy atom. The summed E-state index contributed by atoms with van der Waals surface area (Å²) in [5.41, 5.74) is 0.767. The van der Waals surface area contributed by atoms with E-state index in [1.165, 1.54) is 31.3 Å². The Kier molecular flexibility index (Phi) is 3.53. The van der Waals surface area contributed by atoms with Crippen LogP contribution in [-0.2, 0) is 0 Å². The summed E-state index contributed by atoms with van der Waals surface area (Å²) in [6.45, 7) is 0. The number of benzene rings is 1. The summed E-state index contributed by atoms with van der Waals surface area (Å²) in [5, 5.41) is 4.23. The van der Waals surface area contributed by atoms with E-state index in [0.29, 0.717) is 12.1 Å². The average molecular weight is 274 g/mol. The standard InChI is InChI=1S/C15H19FN4/c1-20(2)14-5-3-4-13(14)19-15-11-8-10(16)6-7-12(11)17-9-18-15/h6-9,13-14H,3-5H2,1-2H3,(H,17,18,19)/t13-,14-/m0/s1. The maximum absolute atomic E-state index is 13.4. The van der Waals surface area contributed by atoms with E-state index in [1.807, 2.05) is 0 Å². The van der Waals surface area contributed by atoms with Crippen LogP contribution in [0, 0.1) is 5.82 Å². The molecule has 0 bridgehead atoms. The summed E-state index contributed by atoms with van der Waals surface area (Å²) < 4.78 is 13.4. The maximum Gasteiger partial charge on any atom is 0.137 e. The van der Waals surface area contributed by atoms with Crippen molar-refractivity contribution in [2.45, 2.75) is 31.3 Å². The summed E-state index contributed by atoms with van der Waals surface area (Å²) in [4.78, 5) is 10.7. The molecule has 2 aromatic rings. The van der Waals surface area contributed by atoms with Crippen molar-refractivity contribution in [3.05, 3.63) is 30.3 Å². The van der Waals surface area contributed by atoms with Crippen molar-refractivity contribution in [2.24, 2.45) is 0 Å². The molecule has 0 unspecified atom stereocenters. The number of likely N-dealkylation sites (N-methyl/N-ethyl adjacent to an activating group) is 1. The lowest BCUT2D eigenvalue weighted by Gasteiger charge is -2.27. The van der Waals surface area contributed by atoms with Gasteiger partial charge in [-0.25, -0.2) is 14.4 Å². The number of fused-ring (bicyclic) bond motifs is 1. The largest absolute Gasteiger partial charge is 0.365 e. The van der Waals surface area contributed by atoms with Crippen LogP contribution in [0.4, 0.5) is 10.2 Å². The van der Waals surface area contributed by atoms with Gasteiger partial charge in [-0.05, 0) is 51.6 Å². The molecule has 0 aliphatic heterocycles. The van der Waals surface area contributed by atoms with Gasteiger partial charge in [-0.3, -0.25) is 0 Å². The van der Waals surface area contributed by atoms with Crippen LogP contribution in [0.5, 0.6) is 0 Å². The second kappa shape index (κ2) is 5.32. The number of rotatable bonds is 3. The second-order valence-electron chi connectivity index (χ2n) is 5.60. The summed E-state index contributed by atoms with van der Waals surface area (Å²) in [6.07, 6.45) is 5.03. The third kappa shape index (κ3) is 2.45. The summed E-state index contributed by atoms with van der Waals surface area (Å²) in [7, 11) is 4.20. The third-order valence-corrected chi connectivity index (χ3v) is 4.06. The molecule has 0 radical (unpaired) electrons. The minimum atomic E-state index is -0.258. The number of anilines is 1. The first-order valence-corrected chi connectivity index (χ1v) is 6.98. The molecule has 1 heterocycles. The lowest BCUT2D eigenvalue weighted by atomic mass is 10.1. The first-order valence-electron chi connectivity index (χ1n) is 6.98. The predicted octanol–water partition coefficient (Wildman–Crippen LogP) is 2.66. The Balaban J connectivity index is 1.92. The van der Waals surface area contributed by atoms with Crippen molar-refractivity contribution in [1.82, 2.24) is 14.9 Å². The highest BCUT2D eigenvalue weighted by Gasteiger charge is 2.29. The van der Waals surface area contributed by atoms with Gasteiger partial charge in [0.2, 0.25) is 0 Å². The Labute approximate surface area is 118 Å². The fourth-order valence-corrected chi connectivity index (χ4v) is 3.05. The Bertz CT molecular complexity index is 614. The van der Waals surface area contributed by atoms with E-state index >= 15 is 0 Å². The fourth-order valence-electron chi connectivity index (χ4n) is 3.05. The van der Waals surface area contributed by atoms with Gasteiger partial charge in [0.25, 0.3) is 0 Å². The molecule has 0 saturated heterocycles. The SMILES string of the molecule is CN(C)[C@H]1CCC[C@@H]1Nc1ncnc2ccc(F)cc12. The van der Waals surface area contributed by atoms with Crippen LogP contribution in [0.2, 0.25) is 0 Å². The van der Waals surface area contributed by atoms with Gasteiger partial charge >= 0.3 is 0 Å². The minimum absolute atomic E-state index is 0.258. The molecule has 1 aromatic carbocycles. The molecule has 1 fully saturated rings. The van der Waals surface area contributed by atoms with Crippen LogP contribution >= 0.6 is 0 Å². The molecule has 4 nitrogen and oxygen atoms in total. The summed E-state index contributed by atoms with van der Waals surface area (Å²) in [6, 6.07) is 5.46. The third-order valence-electron chi connectivity index (χ3n) is 4.06. The molecule has 0 amide bonds. The lowest BCUT2D eigenvalue weighted by molar-refractivity contribution is 0.285. The van der Waals surface area contributed by atoms with Gasteiger partial charge in [-0.1, -0.05) is 0 Å². The van der Waals surface area contributed by atoms with E-state index in [1.54, 1.807) is 6.07 Å². The molecule has 20 heavy (non-hydrogen) atoms. The maximum atomic E-state index is 13.4. The van der Waals surface area contributed by atoms with Gasteiger partial charge in [-0.15, -0.1) is 0 Å². The average Bonchev–Trinajstić information content (AvgIpc) is 2.88. The van der Waals surface area contributed by atoms with Crippen LogP contribution in [-0.4, -0.2) is 41.0 Å². The highest BCUT2D eigenvalue weighted by molar-refractivity contribution is 5.88. The predicted molar refractivity (Wildman–Crippen MR) is 78.2 cm³/mol. The Morgan fingerprint density at radius 2 is 2.10 bits per heavy atom. The van der Waals surface area contributed by atoms with E-state index in [2.05, 4.69) is 34.3 Å². The molecule has 1 N–H and O–H groups in total. The highest BCUT2D eigenvalue weighted by Crippen LogP contribution is 2.28. The van der Waals surface area contributed by atoms with E-state index in [9.17, 15) is 4.39 Å². The molecule has 3 rings (SSSR count). The van der Waals surface area contributed by atoms with E-state index in [4.69, 9.17) is 0 Å². The van der Waals surface area contributed by atoms with Gasteiger partial charge in [-0.2, -0.15) is 0 Å². The molecule has 5 heteroatoms. The number of hydrogen-bond donors (Lipinski definition) is 1. The summed E-state index contributed by atoms with van der Waals surface area (Å²) >= 11 is 0. The van der Waals surface area contributed by atoms with Crippen LogP contribution < -0.4 is 5.32 Å². The van der Waals surface area contributed by atoms with Crippen LogP contribution in [0.3, 0.4) is 0 Å². The van der Waals surface area contributed by atoms with Crippen molar-refractivity contribution >= 4 is 16.7 Å². The number of hydrogen-bond acceptors (Lipinski definition) is 4. The van der Waals surface area contributed by atoms with Gasteiger partial charge in [0.05, 0.1) is 5.52 Å². The van der Waals surface area contributed by atoms with Crippen LogP contribution in [0.15, 0.2) is 24.5 Å². The molecule has 1 saturated carbocycles. The highest BCUT2D eigenvalue weighted by atomic mass is 19.1. The zero-order valence-corrected chi connectivity index (χ0v) is 11.8. The first-order chi connectivity index (χ1) is 9.65. The monoisotopic (exact) mass is 274 g/mol. The van der Waals surface area contributed by atoms with Crippen molar-refractivity contribution < 1.29 is 4.39 Å². The zero-order chi connectivity index (χ0) is 14.1. The smallest absolute Gasteiger partial charge is 0.137 e. The van der Waals surface area contributed by atoms with E-state index < -0.39 is 0 Å². The molecule has 1 aliphatic carbocycles. The van der Waals surface area contributed by atoms with Crippen molar-refractivity contribution in [2.75, 3.05) is 19.4 Å². The van der Waals surface area contributed by atoms with Gasteiger partial charge < -0.3 is 10.2 Å². The number of nitrogens with one attached hydrogen (secondary N) is 1. The normalized spacial score (nSPS) is 22.6. The number of halogens is 1. The first kappa shape index (κ1) is 13.2. The van der Waals surface area contributed by atoms with Crippen LogP contribution in [0.25, 0.3) is 10.9 Å².